The fourth-order valence-electron chi connectivity index (χ4n) is 4.37. The van der Waals surface area contributed by atoms with Crippen molar-refractivity contribution in [2.75, 3.05) is 26.7 Å². The van der Waals surface area contributed by atoms with Crippen molar-refractivity contribution in [3.63, 3.8) is 0 Å². The highest BCUT2D eigenvalue weighted by Gasteiger charge is 2.28. The third kappa shape index (κ3) is 3.75. The molecule has 2 aromatic rings. The zero-order chi connectivity index (χ0) is 18.8. The van der Waals surface area contributed by atoms with Crippen molar-refractivity contribution in [1.29, 1.82) is 0 Å². The number of benzene rings is 1. The van der Waals surface area contributed by atoms with Crippen LogP contribution >= 0.6 is 0 Å². The van der Waals surface area contributed by atoms with Gasteiger partial charge in [-0.25, -0.2) is 0 Å². The maximum absolute atomic E-state index is 9.80. The Hall–Kier alpha value is -2.24. The smallest absolute Gasteiger partial charge is 0.119 e. The van der Waals surface area contributed by atoms with Crippen LogP contribution in [0.3, 0.4) is 0 Å². The zero-order valence-electron chi connectivity index (χ0n) is 16.1. The molecule has 0 radical (unpaired) electrons. The van der Waals surface area contributed by atoms with Gasteiger partial charge in [-0.05, 0) is 48.1 Å². The van der Waals surface area contributed by atoms with E-state index in [2.05, 4.69) is 33.9 Å². The zero-order valence-corrected chi connectivity index (χ0v) is 16.1. The number of rotatable bonds is 6. The molecule has 2 unspecified atom stereocenters. The van der Waals surface area contributed by atoms with Gasteiger partial charge in [0.15, 0.2) is 0 Å². The minimum atomic E-state index is -0.165. The number of aliphatic hydroxyl groups excluding tert-OH is 1. The lowest BCUT2D eigenvalue weighted by Crippen LogP contribution is -2.23. The Bertz CT molecular complexity index is 835. The Balaban J connectivity index is 1.63. The first-order valence-electron chi connectivity index (χ1n) is 9.71. The SMILES string of the molecule is COc1ccc2c(c1)CC(CCN1CCC(O)C1)=C2C(C)c1cnccn1. The number of aliphatic hydroxyl groups is 1. The highest BCUT2D eigenvalue weighted by Crippen LogP contribution is 2.43. The molecule has 5 heteroatoms. The monoisotopic (exact) mass is 365 g/mol. The van der Waals surface area contributed by atoms with Crippen LogP contribution in [0.5, 0.6) is 5.75 Å². The summed E-state index contributed by atoms with van der Waals surface area (Å²) >= 11 is 0. The van der Waals surface area contributed by atoms with Gasteiger partial charge in [0.1, 0.15) is 5.75 Å². The molecular formula is C22H27N3O2. The molecule has 2 heterocycles. The van der Waals surface area contributed by atoms with Crippen LogP contribution in [0.15, 0.2) is 42.4 Å². The molecule has 27 heavy (non-hydrogen) atoms. The summed E-state index contributed by atoms with van der Waals surface area (Å²) in [7, 11) is 1.72. The predicted molar refractivity (Wildman–Crippen MR) is 106 cm³/mol. The van der Waals surface area contributed by atoms with Crippen LogP contribution in [0, 0.1) is 0 Å². The van der Waals surface area contributed by atoms with Crippen LogP contribution in [-0.4, -0.2) is 52.8 Å². The van der Waals surface area contributed by atoms with Crippen molar-refractivity contribution in [1.82, 2.24) is 14.9 Å². The first-order chi connectivity index (χ1) is 13.2. The molecule has 1 saturated heterocycles. The Kier molecular flexibility index (Phi) is 5.23. The van der Waals surface area contributed by atoms with Gasteiger partial charge < -0.3 is 14.7 Å². The van der Waals surface area contributed by atoms with Gasteiger partial charge in [0.25, 0.3) is 0 Å². The van der Waals surface area contributed by atoms with Crippen LogP contribution in [-0.2, 0) is 6.42 Å². The van der Waals surface area contributed by atoms with Crippen LogP contribution in [0.25, 0.3) is 5.57 Å². The van der Waals surface area contributed by atoms with Crippen molar-refractivity contribution in [3.05, 3.63) is 59.2 Å². The second-order valence-electron chi connectivity index (χ2n) is 7.56. The van der Waals surface area contributed by atoms with E-state index >= 15 is 0 Å². The molecule has 0 spiro atoms. The topological polar surface area (TPSA) is 58.5 Å². The molecule has 1 aromatic carbocycles. The standard InChI is InChI=1S/C22H27N3O2/c1-15(21-13-23-7-8-24-21)22-16(5-9-25-10-6-18(26)14-25)11-17-12-19(27-2)3-4-20(17)22/h3-4,7-8,12-13,15,18,26H,5-6,9-11,14H2,1-2H3. The van der Waals surface area contributed by atoms with Crippen molar-refractivity contribution < 1.29 is 9.84 Å². The number of hydrogen-bond acceptors (Lipinski definition) is 5. The van der Waals surface area contributed by atoms with E-state index < -0.39 is 0 Å². The number of β-amino-alcohol motifs (C(OH)–C–C–N with tert-alkyl or cyclic N) is 1. The molecule has 142 valence electrons. The van der Waals surface area contributed by atoms with Gasteiger partial charge in [0, 0.05) is 44.1 Å². The fraction of sp³-hybridized carbons (Fsp3) is 0.455. The van der Waals surface area contributed by atoms with Crippen molar-refractivity contribution in [2.45, 2.75) is 38.2 Å². The Labute approximate surface area is 160 Å². The average Bonchev–Trinajstić information content (AvgIpc) is 3.28. The summed E-state index contributed by atoms with van der Waals surface area (Å²) < 4.78 is 5.43. The van der Waals surface area contributed by atoms with Gasteiger partial charge in [0.05, 0.1) is 18.9 Å². The molecule has 0 bridgehead atoms. The van der Waals surface area contributed by atoms with Gasteiger partial charge in [0.2, 0.25) is 0 Å². The molecule has 4 rings (SSSR count). The van der Waals surface area contributed by atoms with Crippen LogP contribution in [0.4, 0.5) is 0 Å². The van der Waals surface area contributed by atoms with Crippen LogP contribution < -0.4 is 4.74 Å². The van der Waals surface area contributed by atoms with E-state index in [1.807, 2.05) is 12.3 Å². The first-order valence-corrected chi connectivity index (χ1v) is 9.71. The molecular weight excluding hydrogens is 338 g/mol. The van der Waals surface area contributed by atoms with E-state index in [4.69, 9.17) is 4.74 Å². The third-order valence-corrected chi connectivity index (χ3v) is 5.82. The van der Waals surface area contributed by atoms with Gasteiger partial charge in [-0.1, -0.05) is 18.6 Å². The summed E-state index contributed by atoms with van der Waals surface area (Å²) in [4.78, 5) is 11.2. The largest absolute Gasteiger partial charge is 0.497 e. The van der Waals surface area contributed by atoms with E-state index in [1.165, 1.54) is 22.3 Å². The number of allylic oxidation sites excluding steroid dienone is 1. The molecule has 2 aliphatic rings. The normalized spacial score (nSPS) is 20.8. The van der Waals surface area contributed by atoms with E-state index in [-0.39, 0.29) is 12.0 Å². The molecule has 1 N–H and O–H groups in total. The number of aromatic nitrogens is 2. The maximum atomic E-state index is 9.80. The molecule has 1 aliphatic carbocycles. The quantitative estimate of drug-likeness (QED) is 0.853. The van der Waals surface area contributed by atoms with E-state index in [0.717, 1.165) is 50.3 Å². The molecule has 5 nitrogen and oxygen atoms in total. The third-order valence-electron chi connectivity index (χ3n) is 5.82. The Morgan fingerprint density at radius 1 is 1.33 bits per heavy atom. The van der Waals surface area contributed by atoms with Crippen molar-refractivity contribution in [2.24, 2.45) is 0 Å². The molecule has 2 atom stereocenters. The minimum Gasteiger partial charge on any atom is -0.497 e. The van der Waals surface area contributed by atoms with Gasteiger partial charge in [-0.2, -0.15) is 0 Å². The number of likely N-dealkylation sites (tertiary alicyclic amines) is 1. The summed E-state index contributed by atoms with van der Waals surface area (Å²) in [6, 6.07) is 6.39. The van der Waals surface area contributed by atoms with Gasteiger partial charge >= 0.3 is 0 Å². The molecule has 1 aliphatic heterocycles. The lowest BCUT2D eigenvalue weighted by molar-refractivity contribution is 0.177. The summed E-state index contributed by atoms with van der Waals surface area (Å²) in [6.45, 7) is 5.00. The number of fused-ring (bicyclic) bond motifs is 1. The van der Waals surface area contributed by atoms with Crippen molar-refractivity contribution in [3.8, 4) is 5.75 Å². The van der Waals surface area contributed by atoms with Gasteiger partial charge in [-0.15, -0.1) is 0 Å². The summed E-state index contributed by atoms with van der Waals surface area (Å²) in [5.41, 5.74) is 6.50. The van der Waals surface area contributed by atoms with Crippen LogP contribution in [0.1, 0.15) is 42.5 Å². The molecule has 0 amide bonds. The van der Waals surface area contributed by atoms with Crippen LogP contribution in [0.2, 0.25) is 0 Å². The lowest BCUT2D eigenvalue weighted by Gasteiger charge is -2.19. The Morgan fingerprint density at radius 2 is 2.22 bits per heavy atom. The Morgan fingerprint density at radius 3 is 2.93 bits per heavy atom. The summed E-state index contributed by atoms with van der Waals surface area (Å²) in [5, 5.41) is 9.80. The number of ether oxygens (including phenoxy) is 1. The maximum Gasteiger partial charge on any atom is 0.119 e. The summed E-state index contributed by atoms with van der Waals surface area (Å²) in [5.74, 6) is 1.11. The van der Waals surface area contributed by atoms with E-state index in [1.54, 1.807) is 19.5 Å². The molecule has 0 saturated carbocycles. The number of hydrogen-bond donors (Lipinski definition) is 1. The highest BCUT2D eigenvalue weighted by atomic mass is 16.5. The lowest BCUT2D eigenvalue weighted by atomic mass is 9.90. The first kappa shape index (κ1) is 18.1. The van der Waals surface area contributed by atoms with Gasteiger partial charge in [-0.3, -0.25) is 9.97 Å². The second-order valence-corrected chi connectivity index (χ2v) is 7.56. The predicted octanol–water partition coefficient (Wildman–Crippen LogP) is 3.06. The fourth-order valence-corrected chi connectivity index (χ4v) is 4.37. The summed E-state index contributed by atoms with van der Waals surface area (Å²) in [6.07, 6.45) is 8.06. The second kappa shape index (κ2) is 7.79. The molecule has 1 aromatic heterocycles. The number of nitrogens with zero attached hydrogens (tertiary/aromatic N) is 3. The van der Waals surface area contributed by atoms with E-state index in [9.17, 15) is 5.11 Å². The van der Waals surface area contributed by atoms with Crippen molar-refractivity contribution >= 4 is 5.57 Å². The average molecular weight is 365 g/mol. The highest BCUT2D eigenvalue weighted by molar-refractivity contribution is 5.80. The van der Waals surface area contributed by atoms with E-state index in [0.29, 0.717) is 0 Å². The molecule has 1 fully saturated rings. The number of methoxy groups -OCH3 is 1. The minimum absolute atomic E-state index is 0.165.